The lowest BCUT2D eigenvalue weighted by molar-refractivity contribution is 0.0602. The molecule has 1 aromatic rings. The van der Waals surface area contributed by atoms with Crippen molar-refractivity contribution < 1.29 is 9.53 Å². The van der Waals surface area contributed by atoms with E-state index >= 15 is 0 Å². The van der Waals surface area contributed by atoms with Crippen molar-refractivity contribution in [2.45, 2.75) is 26.3 Å². The number of carbonyl (C=O) groups is 1. The number of anilines is 2. The van der Waals surface area contributed by atoms with Gasteiger partial charge in [-0.2, -0.15) is 0 Å². The molecule has 1 aromatic heterocycles. The van der Waals surface area contributed by atoms with E-state index in [1.165, 1.54) is 7.11 Å². The summed E-state index contributed by atoms with van der Waals surface area (Å²) in [6.45, 7) is 6.06. The summed E-state index contributed by atoms with van der Waals surface area (Å²) in [4.78, 5) is 17.9. The van der Waals surface area contributed by atoms with Crippen LogP contribution in [0.2, 0.25) is 0 Å². The molecule has 20 heavy (non-hydrogen) atoms. The van der Waals surface area contributed by atoms with E-state index in [-0.39, 0.29) is 0 Å². The minimum Gasteiger partial charge on any atom is -0.465 e. The topological polar surface area (TPSA) is 80.5 Å². The third kappa shape index (κ3) is 4.38. The molecule has 0 amide bonds. The quantitative estimate of drug-likeness (QED) is 0.583. The summed E-state index contributed by atoms with van der Waals surface area (Å²) in [5.41, 5.74) is 6.58. The zero-order valence-corrected chi connectivity index (χ0v) is 12.6. The highest BCUT2D eigenvalue weighted by Crippen LogP contribution is 2.20. The van der Waals surface area contributed by atoms with Crippen molar-refractivity contribution in [1.82, 2.24) is 9.88 Å². The smallest absolute Gasteiger partial charge is 0.340 e. The predicted octanol–water partition coefficient (Wildman–Crippen LogP) is 1.59. The van der Waals surface area contributed by atoms with Crippen molar-refractivity contribution in [2.75, 3.05) is 38.3 Å². The lowest BCUT2D eigenvalue weighted by atomic mass is 10.2. The van der Waals surface area contributed by atoms with E-state index in [4.69, 9.17) is 5.73 Å². The zero-order chi connectivity index (χ0) is 15.1. The van der Waals surface area contributed by atoms with Crippen molar-refractivity contribution in [3.8, 4) is 0 Å². The molecule has 0 aliphatic rings. The number of ether oxygens (including phenoxy) is 1. The maximum absolute atomic E-state index is 11.5. The van der Waals surface area contributed by atoms with E-state index < -0.39 is 5.97 Å². The van der Waals surface area contributed by atoms with Crippen LogP contribution in [0.25, 0.3) is 0 Å². The minimum atomic E-state index is -0.451. The van der Waals surface area contributed by atoms with Gasteiger partial charge in [-0.1, -0.05) is 0 Å². The molecule has 112 valence electrons. The van der Waals surface area contributed by atoms with Crippen LogP contribution in [0.4, 0.5) is 11.5 Å². The van der Waals surface area contributed by atoms with Gasteiger partial charge in [-0.15, -0.1) is 0 Å². The molecule has 0 aliphatic carbocycles. The molecular weight excluding hydrogens is 256 g/mol. The van der Waals surface area contributed by atoms with Crippen LogP contribution in [0.1, 0.15) is 30.6 Å². The molecule has 6 heteroatoms. The fourth-order valence-electron chi connectivity index (χ4n) is 1.70. The zero-order valence-electron chi connectivity index (χ0n) is 12.6. The average molecular weight is 280 g/mol. The van der Waals surface area contributed by atoms with E-state index in [9.17, 15) is 4.79 Å². The molecule has 6 nitrogen and oxygen atoms in total. The summed E-state index contributed by atoms with van der Waals surface area (Å²) in [6.07, 6.45) is 2.52. The number of nitrogens with zero attached hydrogens (tertiary/aromatic N) is 2. The van der Waals surface area contributed by atoms with Gasteiger partial charge in [-0.3, -0.25) is 0 Å². The van der Waals surface area contributed by atoms with Crippen LogP contribution in [-0.4, -0.2) is 49.1 Å². The first kappa shape index (κ1) is 16.2. The molecule has 0 bridgehead atoms. The van der Waals surface area contributed by atoms with Gasteiger partial charge < -0.3 is 20.7 Å². The molecule has 0 saturated carbocycles. The Hall–Kier alpha value is -1.82. The van der Waals surface area contributed by atoms with Crippen molar-refractivity contribution in [1.29, 1.82) is 0 Å². The van der Waals surface area contributed by atoms with E-state index in [0.717, 1.165) is 19.5 Å². The second kappa shape index (κ2) is 7.69. The largest absolute Gasteiger partial charge is 0.465 e. The van der Waals surface area contributed by atoms with Crippen molar-refractivity contribution in [2.24, 2.45) is 0 Å². The van der Waals surface area contributed by atoms with Crippen molar-refractivity contribution in [3.05, 3.63) is 17.8 Å². The van der Waals surface area contributed by atoms with E-state index in [0.29, 0.717) is 23.1 Å². The lowest BCUT2D eigenvalue weighted by Crippen LogP contribution is -2.28. The van der Waals surface area contributed by atoms with Gasteiger partial charge in [0.05, 0.1) is 18.4 Å². The van der Waals surface area contributed by atoms with Crippen molar-refractivity contribution in [3.63, 3.8) is 0 Å². The van der Waals surface area contributed by atoms with Gasteiger partial charge in [0, 0.05) is 18.8 Å². The number of nitrogen functional groups attached to an aromatic ring is 1. The van der Waals surface area contributed by atoms with Crippen LogP contribution in [-0.2, 0) is 4.74 Å². The average Bonchev–Trinajstić information content (AvgIpc) is 2.43. The second-order valence-electron chi connectivity index (χ2n) is 4.97. The molecule has 0 radical (unpaired) electrons. The summed E-state index contributed by atoms with van der Waals surface area (Å²) < 4.78 is 4.67. The van der Waals surface area contributed by atoms with Gasteiger partial charge >= 0.3 is 5.97 Å². The van der Waals surface area contributed by atoms with Gasteiger partial charge in [-0.05, 0) is 39.9 Å². The normalized spacial score (nSPS) is 10.9. The van der Waals surface area contributed by atoms with Gasteiger partial charge in [0.15, 0.2) is 0 Å². The Bertz CT molecular complexity index is 449. The summed E-state index contributed by atoms with van der Waals surface area (Å²) in [6, 6.07) is 2.08. The second-order valence-corrected chi connectivity index (χ2v) is 4.97. The number of rotatable bonds is 7. The standard InChI is InChI=1S/C14H24N4O2/c1-10(2)18(3)9-5-7-16-13-12(15)11(6-8-17-13)14(19)20-4/h6,8,10H,5,7,9,15H2,1-4H3,(H,16,17). The summed E-state index contributed by atoms with van der Waals surface area (Å²) in [5, 5.41) is 3.16. The van der Waals surface area contributed by atoms with Crippen LogP contribution < -0.4 is 11.1 Å². The van der Waals surface area contributed by atoms with Crippen LogP contribution in [0.3, 0.4) is 0 Å². The first-order valence-corrected chi connectivity index (χ1v) is 6.74. The van der Waals surface area contributed by atoms with Crippen LogP contribution in [0, 0.1) is 0 Å². The van der Waals surface area contributed by atoms with Crippen LogP contribution in [0.15, 0.2) is 12.3 Å². The molecule has 3 N–H and O–H groups in total. The maximum Gasteiger partial charge on any atom is 0.340 e. The molecule has 0 atom stereocenters. The highest BCUT2D eigenvalue weighted by Gasteiger charge is 2.13. The molecular formula is C14H24N4O2. The minimum absolute atomic E-state index is 0.330. The van der Waals surface area contributed by atoms with Crippen LogP contribution >= 0.6 is 0 Å². The van der Waals surface area contributed by atoms with E-state index in [1.54, 1.807) is 12.3 Å². The summed E-state index contributed by atoms with van der Waals surface area (Å²) >= 11 is 0. The molecule has 0 saturated heterocycles. The Balaban J connectivity index is 2.55. The summed E-state index contributed by atoms with van der Waals surface area (Å²) in [5.74, 6) is 0.0765. The highest BCUT2D eigenvalue weighted by molar-refractivity contribution is 5.97. The third-order valence-electron chi connectivity index (χ3n) is 3.26. The molecule has 0 fully saturated rings. The fraction of sp³-hybridized carbons (Fsp3) is 0.571. The van der Waals surface area contributed by atoms with Gasteiger partial charge in [0.25, 0.3) is 0 Å². The lowest BCUT2D eigenvalue weighted by Gasteiger charge is -2.21. The Kier molecular flexibility index (Phi) is 6.24. The molecule has 0 unspecified atom stereocenters. The highest BCUT2D eigenvalue weighted by atomic mass is 16.5. The Morgan fingerprint density at radius 2 is 2.25 bits per heavy atom. The maximum atomic E-state index is 11.5. The molecule has 1 rings (SSSR count). The number of pyridine rings is 1. The van der Waals surface area contributed by atoms with Gasteiger partial charge in [-0.25, -0.2) is 9.78 Å². The molecule has 0 spiro atoms. The Morgan fingerprint density at radius 1 is 1.55 bits per heavy atom. The number of hydrogen-bond acceptors (Lipinski definition) is 6. The van der Waals surface area contributed by atoms with E-state index in [2.05, 4.69) is 40.8 Å². The first-order chi connectivity index (χ1) is 9.47. The number of nitrogens with one attached hydrogen (secondary N) is 1. The van der Waals surface area contributed by atoms with Crippen molar-refractivity contribution >= 4 is 17.5 Å². The van der Waals surface area contributed by atoms with Gasteiger partial charge in [0.1, 0.15) is 5.82 Å². The Labute approximate surface area is 120 Å². The summed E-state index contributed by atoms with van der Waals surface area (Å²) in [7, 11) is 3.42. The van der Waals surface area contributed by atoms with Gasteiger partial charge in [0.2, 0.25) is 0 Å². The number of nitrogens with two attached hydrogens (primary N) is 1. The monoisotopic (exact) mass is 280 g/mol. The third-order valence-corrected chi connectivity index (χ3v) is 3.26. The number of methoxy groups -OCH3 is 1. The molecule has 0 aliphatic heterocycles. The number of aromatic nitrogens is 1. The fourth-order valence-corrected chi connectivity index (χ4v) is 1.70. The number of hydrogen-bond donors (Lipinski definition) is 2. The van der Waals surface area contributed by atoms with Crippen LogP contribution in [0.5, 0.6) is 0 Å². The first-order valence-electron chi connectivity index (χ1n) is 6.74. The number of esters is 1. The SMILES string of the molecule is COC(=O)c1ccnc(NCCCN(C)C(C)C)c1N. The number of carbonyl (C=O) groups excluding carboxylic acids is 1. The molecule has 1 heterocycles. The predicted molar refractivity (Wildman–Crippen MR) is 80.9 cm³/mol. The Morgan fingerprint density at radius 3 is 2.85 bits per heavy atom. The molecule has 0 aromatic carbocycles. The van der Waals surface area contributed by atoms with E-state index in [1.807, 2.05) is 0 Å².